The van der Waals surface area contributed by atoms with Crippen molar-refractivity contribution in [1.82, 2.24) is 4.90 Å². The number of rotatable bonds is 17. The number of carbonyl (C=O) groups excluding carboxylic acids is 4. The number of hydrogen-bond acceptors (Lipinski definition) is 9. The molecule has 2 heterocycles. The fraction of sp³-hybridized carbons (Fsp3) is 0.273. The Morgan fingerprint density at radius 3 is 1.83 bits per heavy atom. The van der Waals surface area contributed by atoms with Crippen molar-refractivity contribution in [2.45, 2.75) is 56.8 Å². The van der Waals surface area contributed by atoms with Gasteiger partial charge in [0.1, 0.15) is 17.2 Å². The highest BCUT2D eigenvalue weighted by Gasteiger charge is 2.66. The van der Waals surface area contributed by atoms with E-state index in [1.54, 1.807) is 91.8 Å². The lowest BCUT2D eigenvalue weighted by Crippen LogP contribution is -2.52. The van der Waals surface area contributed by atoms with Gasteiger partial charge >= 0.3 is 0 Å². The van der Waals surface area contributed by atoms with Crippen molar-refractivity contribution in [3.8, 4) is 17.2 Å². The van der Waals surface area contributed by atoms with Crippen LogP contribution in [-0.4, -0.2) is 82.3 Å². The molecule has 1 fully saturated rings. The predicted molar refractivity (Wildman–Crippen MR) is 269 cm³/mol. The number of amides is 4. The summed E-state index contributed by atoms with van der Waals surface area (Å²) < 4.78 is 23.5. The molecule has 0 bridgehead atoms. The lowest BCUT2D eigenvalue weighted by molar-refractivity contribution is -0.150. The fourth-order valence-electron chi connectivity index (χ4n) is 10.1. The van der Waals surface area contributed by atoms with Gasteiger partial charge < -0.3 is 44.5 Å². The standard InChI is InChI=1S/C55H58N4O9Si/c1-36-51(69(5,6)46-26-24-45(67-4)25-27-46)49(33-50(61)58(29-30-60)34-37-11-8-7-9-12-37)68-55(36)47-32-42(57-53(63)40-17-22-44(66-3)23-18-40)19-28-48(47)59(54(55)64)35-38-13-10-14-41(31-38)56-52(62)39-15-20-43(65-2)21-16-39/h7-28,31-32,36,49,51,60H,29-30,33-35H2,1-6H3,(H,56,62)(H,57,63)/t36-,49+,51-,55+/m0/s1. The van der Waals surface area contributed by atoms with Crippen LogP contribution in [0.1, 0.15) is 50.8 Å². The van der Waals surface area contributed by atoms with Gasteiger partial charge in [-0.3, -0.25) is 19.2 Å². The Balaban J connectivity index is 1.19. The van der Waals surface area contributed by atoms with Crippen LogP contribution in [-0.2, 0) is 33.0 Å². The topological polar surface area (TPSA) is 156 Å². The second kappa shape index (κ2) is 20.5. The first kappa shape index (κ1) is 48.2. The van der Waals surface area contributed by atoms with Crippen molar-refractivity contribution < 1.29 is 43.2 Å². The van der Waals surface area contributed by atoms with Crippen LogP contribution in [0.3, 0.4) is 0 Å². The van der Waals surface area contributed by atoms with Crippen LogP contribution < -0.4 is 34.9 Å². The summed E-state index contributed by atoms with van der Waals surface area (Å²) in [7, 11) is 2.06. The van der Waals surface area contributed by atoms with E-state index in [-0.39, 0.29) is 55.3 Å². The molecule has 2 aliphatic rings. The largest absolute Gasteiger partial charge is 0.497 e. The maximum atomic E-state index is 15.8. The third-order valence-electron chi connectivity index (χ3n) is 13.6. The summed E-state index contributed by atoms with van der Waals surface area (Å²) in [6, 6.07) is 44.1. The number of hydrogen-bond donors (Lipinski definition) is 3. The molecule has 1 saturated heterocycles. The summed E-state index contributed by atoms with van der Waals surface area (Å²) in [5.74, 6) is 0.340. The molecule has 0 radical (unpaired) electrons. The highest BCUT2D eigenvalue weighted by Crippen LogP contribution is 2.60. The molecule has 4 atom stereocenters. The van der Waals surface area contributed by atoms with Gasteiger partial charge in [0.05, 0.1) is 60.8 Å². The molecule has 0 unspecified atom stereocenters. The van der Waals surface area contributed by atoms with Crippen LogP contribution >= 0.6 is 0 Å². The summed E-state index contributed by atoms with van der Waals surface area (Å²) >= 11 is 0. The smallest absolute Gasteiger partial charge is 0.264 e. The number of methoxy groups -OCH3 is 3. The van der Waals surface area contributed by atoms with Gasteiger partial charge in [-0.1, -0.05) is 79.8 Å². The van der Waals surface area contributed by atoms with Crippen LogP contribution in [0.15, 0.2) is 146 Å². The van der Waals surface area contributed by atoms with Crippen LogP contribution in [0.4, 0.5) is 17.1 Å². The molecule has 69 heavy (non-hydrogen) atoms. The van der Waals surface area contributed by atoms with E-state index in [0.717, 1.165) is 16.3 Å². The Hall–Kier alpha value is -7.26. The van der Waals surface area contributed by atoms with Gasteiger partial charge in [-0.2, -0.15) is 0 Å². The monoisotopic (exact) mass is 946 g/mol. The molecule has 0 saturated carbocycles. The molecule has 2 aliphatic heterocycles. The molecule has 4 amide bonds. The average Bonchev–Trinajstić information content (AvgIpc) is 3.79. The van der Waals surface area contributed by atoms with Gasteiger partial charge in [-0.15, -0.1) is 0 Å². The molecule has 3 N–H and O–H groups in total. The van der Waals surface area contributed by atoms with Crippen LogP contribution in [0.5, 0.6) is 17.2 Å². The van der Waals surface area contributed by atoms with E-state index < -0.39 is 25.7 Å². The fourth-order valence-corrected chi connectivity index (χ4v) is 14.1. The van der Waals surface area contributed by atoms with Gasteiger partial charge in [0.15, 0.2) is 5.60 Å². The first-order valence-electron chi connectivity index (χ1n) is 23.0. The maximum absolute atomic E-state index is 15.8. The quantitative estimate of drug-likeness (QED) is 0.0765. The molecule has 6 aromatic rings. The Morgan fingerprint density at radius 2 is 1.26 bits per heavy atom. The molecule has 13 nitrogen and oxygen atoms in total. The van der Waals surface area contributed by atoms with E-state index >= 15 is 4.79 Å². The van der Waals surface area contributed by atoms with Crippen molar-refractivity contribution in [2.24, 2.45) is 5.92 Å². The molecule has 1 spiro atoms. The number of aliphatic hydroxyl groups excluding tert-OH is 1. The molecule has 6 aromatic carbocycles. The molecule has 0 aromatic heterocycles. The second-order valence-corrected chi connectivity index (χ2v) is 22.8. The van der Waals surface area contributed by atoms with Crippen molar-refractivity contribution >= 4 is 54.0 Å². The SMILES string of the molecule is COc1ccc(C(=O)Nc2cccc(CN3C(=O)[C@]4(O[C@H](CC(=O)N(CCO)Cc5ccccc5)[C@@H]([Si](C)(C)c5ccc(OC)cc5)[C@@H]4C)c4cc(NC(=O)c5ccc(OC)cc5)ccc43)c2)cc1. The summed E-state index contributed by atoms with van der Waals surface area (Å²) in [6.07, 6.45) is -0.762. The van der Waals surface area contributed by atoms with Gasteiger partial charge in [0.2, 0.25) is 5.91 Å². The molecule has 0 aliphatic carbocycles. The third-order valence-corrected chi connectivity index (χ3v) is 18.0. The normalized spacial score (nSPS) is 18.4. The van der Waals surface area contributed by atoms with Crippen molar-refractivity contribution in [3.63, 3.8) is 0 Å². The molecule has 356 valence electrons. The lowest BCUT2D eigenvalue weighted by atomic mass is 9.82. The molecular weight excluding hydrogens is 889 g/mol. The Kier molecular flexibility index (Phi) is 14.3. The minimum absolute atomic E-state index is 0.0391. The summed E-state index contributed by atoms with van der Waals surface area (Å²) in [6.45, 7) is 6.87. The van der Waals surface area contributed by atoms with Gasteiger partial charge in [-0.05, 0) is 108 Å². The number of ether oxygens (including phenoxy) is 4. The molecular formula is C55H58N4O9Si. The van der Waals surface area contributed by atoms with Crippen molar-refractivity contribution in [2.75, 3.05) is 50.0 Å². The van der Waals surface area contributed by atoms with Gasteiger partial charge in [0.25, 0.3) is 17.7 Å². The predicted octanol–water partition coefficient (Wildman–Crippen LogP) is 8.39. The maximum Gasteiger partial charge on any atom is 0.264 e. The Labute approximate surface area is 404 Å². The molecule has 8 rings (SSSR count). The van der Waals surface area contributed by atoms with E-state index in [1.807, 2.05) is 79.7 Å². The number of nitrogens with zero attached hydrogens (tertiary/aromatic N) is 2. The second-order valence-electron chi connectivity index (χ2n) is 18.1. The van der Waals surface area contributed by atoms with Gasteiger partial charge in [0, 0.05) is 47.1 Å². The van der Waals surface area contributed by atoms with E-state index in [9.17, 15) is 19.5 Å². The summed E-state index contributed by atoms with van der Waals surface area (Å²) in [5.41, 5.74) is 2.86. The van der Waals surface area contributed by atoms with E-state index in [0.29, 0.717) is 57.5 Å². The first-order chi connectivity index (χ1) is 33.3. The van der Waals surface area contributed by atoms with Crippen LogP contribution in [0.2, 0.25) is 18.6 Å². The van der Waals surface area contributed by atoms with Crippen molar-refractivity contribution in [3.05, 3.63) is 173 Å². The van der Waals surface area contributed by atoms with E-state index in [2.05, 4.69) is 35.9 Å². The number of anilines is 3. The highest BCUT2D eigenvalue weighted by molar-refractivity contribution is 6.91. The van der Waals surface area contributed by atoms with Crippen LogP contribution in [0, 0.1) is 5.92 Å². The number of fused-ring (bicyclic) bond motifs is 2. The van der Waals surface area contributed by atoms with Crippen LogP contribution in [0.25, 0.3) is 0 Å². The van der Waals surface area contributed by atoms with E-state index in [1.165, 1.54) is 0 Å². The Morgan fingerprint density at radius 1 is 0.710 bits per heavy atom. The zero-order chi connectivity index (χ0) is 48.9. The Bertz CT molecular complexity index is 2810. The first-order valence-corrected chi connectivity index (χ1v) is 26.1. The number of aliphatic hydroxyl groups is 1. The van der Waals surface area contributed by atoms with E-state index in [4.69, 9.17) is 18.9 Å². The van der Waals surface area contributed by atoms with Gasteiger partial charge in [-0.25, -0.2) is 0 Å². The number of nitrogens with one attached hydrogen (secondary N) is 2. The minimum atomic E-state index is -2.69. The minimum Gasteiger partial charge on any atom is -0.497 e. The summed E-state index contributed by atoms with van der Waals surface area (Å²) in [5, 5.41) is 17.3. The number of benzene rings is 6. The van der Waals surface area contributed by atoms with Crippen molar-refractivity contribution in [1.29, 1.82) is 0 Å². The average molecular weight is 947 g/mol. The third kappa shape index (κ3) is 9.87. The zero-order valence-corrected chi connectivity index (χ0v) is 40.7. The number of carbonyl (C=O) groups is 4. The lowest BCUT2D eigenvalue weighted by Gasteiger charge is -2.37. The molecule has 14 heteroatoms. The summed E-state index contributed by atoms with van der Waals surface area (Å²) in [4.78, 5) is 60.9. The zero-order valence-electron chi connectivity index (χ0n) is 39.7. The highest BCUT2D eigenvalue weighted by atomic mass is 28.3.